The van der Waals surface area contributed by atoms with Gasteiger partial charge in [-0.15, -0.1) is 11.3 Å². The summed E-state index contributed by atoms with van der Waals surface area (Å²) in [4.78, 5) is 4.33. The molecule has 0 fully saturated rings. The summed E-state index contributed by atoms with van der Waals surface area (Å²) in [5.74, 6) is 0. The largest absolute Gasteiger partial charge is 0.379 e. The Kier molecular flexibility index (Phi) is 5.38. The Morgan fingerprint density at radius 2 is 2.31 bits per heavy atom. The summed E-state index contributed by atoms with van der Waals surface area (Å²) >= 11 is 1.72. The Labute approximate surface area is 102 Å². The molecular weight excluding hydrogens is 220 g/mol. The second-order valence-corrected chi connectivity index (χ2v) is 5.53. The molecule has 16 heavy (non-hydrogen) atoms. The van der Waals surface area contributed by atoms with Crippen molar-refractivity contribution in [2.75, 3.05) is 13.7 Å². The Morgan fingerprint density at radius 3 is 2.81 bits per heavy atom. The zero-order valence-electron chi connectivity index (χ0n) is 10.6. The van der Waals surface area contributed by atoms with Gasteiger partial charge in [-0.2, -0.15) is 0 Å². The average Bonchev–Trinajstić information content (AvgIpc) is 2.70. The highest BCUT2D eigenvalue weighted by molar-refractivity contribution is 7.09. The Balaban J connectivity index is 2.54. The molecule has 1 atom stereocenters. The van der Waals surface area contributed by atoms with Crippen molar-refractivity contribution in [2.24, 2.45) is 0 Å². The lowest BCUT2D eigenvalue weighted by Gasteiger charge is -2.28. The molecule has 0 spiro atoms. The molecule has 92 valence electrons. The lowest BCUT2D eigenvalue weighted by atomic mass is 9.97. The quantitative estimate of drug-likeness (QED) is 0.797. The van der Waals surface area contributed by atoms with Crippen molar-refractivity contribution >= 4 is 11.3 Å². The van der Waals surface area contributed by atoms with Crippen LogP contribution in [0, 0.1) is 0 Å². The van der Waals surface area contributed by atoms with Crippen LogP contribution in [0.5, 0.6) is 0 Å². The Morgan fingerprint density at radius 1 is 1.56 bits per heavy atom. The first-order chi connectivity index (χ1) is 7.57. The van der Waals surface area contributed by atoms with E-state index in [2.05, 4.69) is 31.1 Å². The minimum atomic E-state index is -0.0793. The Bertz CT molecular complexity index is 285. The van der Waals surface area contributed by atoms with Gasteiger partial charge in [0.25, 0.3) is 0 Å². The van der Waals surface area contributed by atoms with Gasteiger partial charge in [0, 0.05) is 31.1 Å². The normalized spacial score (nSPS) is 14.0. The molecule has 4 heteroatoms. The molecule has 0 aliphatic rings. The number of thiazole rings is 1. The number of likely N-dealkylation sites (N-methyl/N-ethyl adjacent to an activating group) is 1. The maximum atomic E-state index is 5.48. The predicted molar refractivity (Wildman–Crippen MR) is 69.0 cm³/mol. The number of hydrogen-bond acceptors (Lipinski definition) is 4. The van der Waals surface area contributed by atoms with Crippen molar-refractivity contribution in [3.63, 3.8) is 0 Å². The molecule has 0 amide bonds. The fraction of sp³-hybridized carbons (Fsp3) is 0.750. The topological polar surface area (TPSA) is 34.2 Å². The van der Waals surface area contributed by atoms with Crippen molar-refractivity contribution < 1.29 is 4.74 Å². The monoisotopic (exact) mass is 242 g/mol. The first-order valence-corrected chi connectivity index (χ1v) is 6.62. The number of rotatable bonds is 7. The number of nitrogens with one attached hydrogen (secondary N) is 1. The van der Waals surface area contributed by atoms with Crippen molar-refractivity contribution in [2.45, 2.75) is 45.3 Å². The molecule has 1 rings (SSSR count). The van der Waals surface area contributed by atoms with E-state index in [1.807, 2.05) is 11.6 Å². The summed E-state index contributed by atoms with van der Waals surface area (Å²) in [6.45, 7) is 7.36. The van der Waals surface area contributed by atoms with Gasteiger partial charge in [0.1, 0.15) is 0 Å². The third kappa shape index (κ3) is 4.60. The maximum absolute atomic E-state index is 5.48. The summed E-state index contributed by atoms with van der Waals surface area (Å²) in [5.41, 5.74) is -0.0793. The molecular formula is C12H22N2OS. The minimum absolute atomic E-state index is 0.0793. The van der Waals surface area contributed by atoms with Gasteiger partial charge in [-0.25, -0.2) is 4.98 Å². The van der Waals surface area contributed by atoms with Crippen LogP contribution in [0.2, 0.25) is 0 Å². The predicted octanol–water partition coefficient (Wildman–Crippen LogP) is 2.48. The van der Waals surface area contributed by atoms with Crippen LogP contribution in [0.25, 0.3) is 0 Å². The first kappa shape index (κ1) is 13.6. The molecule has 0 aliphatic carbocycles. The van der Waals surface area contributed by atoms with Crippen LogP contribution in [-0.2, 0) is 11.2 Å². The van der Waals surface area contributed by atoms with Crippen LogP contribution in [0.15, 0.2) is 11.6 Å². The molecule has 0 aromatic carbocycles. The minimum Gasteiger partial charge on any atom is -0.379 e. The standard InChI is InChI=1S/C12H22N2OS/c1-5-13-10(9-12(2,3)15-4)8-11-14-6-7-16-11/h6-7,10,13H,5,8-9H2,1-4H3. The lowest BCUT2D eigenvalue weighted by molar-refractivity contribution is 0.00726. The van der Waals surface area contributed by atoms with Gasteiger partial charge in [-0.05, 0) is 26.8 Å². The molecule has 3 nitrogen and oxygen atoms in total. The molecule has 1 N–H and O–H groups in total. The number of hydrogen-bond donors (Lipinski definition) is 1. The number of ether oxygens (including phenoxy) is 1. The van der Waals surface area contributed by atoms with Crippen LogP contribution in [0.3, 0.4) is 0 Å². The van der Waals surface area contributed by atoms with E-state index in [-0.39, 0.29) is 5.60 Å². The van der Waals surface area contributed by atoms with Gasteiger partial charge >= 0.3 is 0 Å². The third-order valence-corrected chi connectivity index (χ3v) is 3.49. The summed E-state index contributed by atoms with van der Waals surface area (Å²) in [6, 6.07) is 0.436. The van der Waals surface area contributed by atoms with Gasteiger partial charge in [-0.3, -0.25) is 0 Å². The first-order valence-electron chi connectivity index (χ1n) is 5.74. The van der Waals surface area contributed by atoms with E-state index >= 15 is 0 Å². The average molecular weight is 242 g/mol. The summed E-state index contributed by atoms with van der Waals surface area (Å²) in [6.07, 6.45) is 3.85. The lowest BCUT2D eigenvalue weighted by Crippen LogP contribution is -2.39. The molecule has 0 aliphatic heterocycles. The Hall–Kier alpha value is -0.450. The fourth-order valence-electron chi connectivity index (χ4n) is 1.75. The van der Waals surface area contributed by atoms with E-state index in [0.29, 0.717) is 6.04 Å². The number of methoxy groups -OCH3 is 1. The van der Waals surface area contributed by atoms with Crippen LogP contribution in [0.4, 0.5) is 0 Å². The fourth-order valence-corrected chi connectivity index (χ4v) is 2.44. The molecule has 0 saturated heterocycles. The molecule has 1 aromatic rings. The highest BCUT2D eigenvalue weighted by Gasteiger charge is 2.22. The second-order valence-electron chi connectivity index (χ2n) is 4.55. The van der Waals surface area contributed by atoms with Crippen LogP contribution >= 0.6 is 11.3 Å². The SMILES string of the molecule is CCNC(Cc1nccs1)CC(C)(C)OC. The summed E-state index contributed by atoms with van der Waals surface area (Å²) in [7, 11) is 1.77. The van der Waals surface area contributed by atoms with Crippen molar-refractivity contribution in [3.05, 3.63) is 16.6 Å². The highest BCUT2D eigenvalue weighted by Crippen LogP contribution is 2.18. The van der Waals surface area contributed by atoms with E-state index in [0.717, 1.165) is 19.4 Å². The van der Waals surface area contributed by atoms with Gasteiger partial charge < -0.3 is 10.1 Å². The van der Waals surface area contributed by atoms with E-state index in [1.165, 1.54) is 5.01 Å². The van der Waals surface area contributed by atoms with Gasteiger partial charge in [0.05, 0.1) is 10.6 Å². The van der Waals surface area contributed by atoms with Crippen LogP contribution in [-0.4, -0.2) is 30.3 Å². The second kappa shape index (κ2) is 6.33. The van der Waals surface area contributed by atoms with Crippen LogP contribution < -0.4 is 5.32 Å². The van der Waals surface area contributed by atoms with Gasteiger partial charge in [0.15, 0.2) is 0 Å². The molecule has 1 unspecified atom stereocenters. The van der Waals surface area contributed by atoms with Gasteiger partial charge in [-0.1, -0.05) is 6.92 Å². The van der Waals surface area contributed by atoms with E-state index in [1.54, 1.807) is 18.4 Å². The highest BCUT2D eigenvalue weighted by atomic mass is 32.1. The molecule has 0 saturated carbocycles. The third-order valence-electron chi connectivity index (χ3n) is 2.69. The van der Waals surface area contributed by atoms with Crippen molar-refractivity contribution in [1.82, 2.24) is 10.3 Å². The maximum Gasteiger partial charge on any atom is 0.0940 e. The smallest absolute Gasteiger partial charge is 0.0940 e. The van der Waals surface area contributed by atoms with Crippen molar-refractivity contribution in [3.8, 4) is 0 Å². The van der Waals surface area contributed by atoms with E-state index in [9.17, 15) is 0 Å². The molecule has 1 heterocycles. The number of nitrogens with zero attached hydrogens (tertiary/aromatic N) is 1. The van der Waals surface area contributed by atoms with Gasteiger partial charge in [0.2, 0.25) is 0 Å². The number of aromatic nitrogens is 1. The zero-order valence-corrected chi connectivity index (χ0v) is 11.4. The van der Waals surface area contributed by atoms with E-state index < -0.39 is 0 Å². The summed E-state index contributed by atoms with van der Waals surface area (Å²) in [5, 5.41) is 6.72. The molecule has 0 bridgehead atoms. The molecule has 1 aromatic heterocycles. The van der Waals surface area contributed by atoms with E-state index in [4.69, 9.17) is 4.74 Å². The zero-order chi connectivity index (χ0) is 12.0. The molecule has 0 radical (unpaired) electrons. The van der Waals surface area contributed by atoms with Crippen molar-refractivity contribution in [1.29, 1.82) is 0 Å². The summed E-state index contributed by atoms with van der Waals surface area (Å²) < 4.78 is 5.48. The van der Waals surface area contributed by atoms with Crippen LogP contribution in [0.1, 0.15) is 32.2 Å².